The van der Waals surface area contributed by atoms with Crippen molar-refractivity contribution in [2.75, 3.05) is 5.32 Å². The highest BCUT2D eigenvalue weighted by Crippen LogP contribution is 2.38. The lowest BCUT2D eigenvalue weighted by Gasteiger charge is -2.31. The van der Waals surface area contributed by atoms with E-state index in [-0.39, 0.29) is 24.3 Å². The van der Waals surface area contributed by atoms with Crippen LogP contribution in [0.25, 0.3) is 5.65 Å². The molecule has 0 aliphatic heterocycles. The van der Waals surface area contributed by atoms with Gasteiger partial charge in [-0.15, -0.1) is 15.3 Å². The molecule has 0 saturated heterocycles. The van der Waals surface area contributed by atoms with Crippen LogP contribution >= 0.6 is 0 Å². The molecule has 2 aromatic heterocycles. The van der Waals surface area contributed by atoms with Gasteiger partial charge in [-0.25, -0.2) is 0 Å². The van der Waals surface area contributed by atoms with E-state index in [1.54, 1.807) is 16.6 Å². The third kappa shape index (κ3) is 3.47. The van der Waals surface area contributed by atoms with E-state index in [1.165, 1.54) is 0 Å². The van der Waals surface area contributed by atoms with Crippen molar-refractivity contribution in [3.05, 3.63) is 18.0 Å². The number of nitrogens with zero attached hydrogens (tertiary/aromatic N) is 4. The van der Waals surface area contributed by atoms with Crippen LogP contribution in [0.1, 0.15) is 52.3 Å². The summed E-state index contributed by atoms with van der Waals surface area (Å²) in [6.07, 6.45) is -2.51. The molecule has 0 aromatic carbocycles. The van der Waals surface area contributed by atoms with Crippen molar-refractivity contribution >= 4 is 11.5 Å². The van der Waals surface area contributed by atoms with Crippen molar-refractivity contribution in [3.8, 4) is 0 Å². The van der Waals surface area contributed by atoms with Crippen LogP contribution in [0.2, 0.25) is 0 Å². The van der Waals surface area contributed by atoms with Gasteiger partial charge in [0, 0.05) is 11.5 Å². The molecule has 5 nitrogen and oxygen atoms in total. The van der Waals surface area contributed by atoms with Gasteiger partial charge < -0.3 is 5.32 Å². The summed E-state index contributed by atoms with van der Waals surface area (Å²) >= 11 is 0. The molecule has 1 N–H and O–H groups in total. The van der Waals surface area contributed by atoms with Crippen molar-refractivity contribution in [1.82, 2.24) is 19.8 Å². The van der Waals surface area contributed by atoms with Gasteiger partial charge >= 0.3 is 6.18 Å². The average molecular weight is 341 g/mol. The van der Waals surface area contributed by atoms with Gasteiger partial charge in [0.1, 0.15) is 5.82 Å². The molecule has 2 unspecified atom stereocenters. The highest BCUT2D eigenvalue weighted by Gasteiger charge is 2.42. The van der Waals surface area contributed by atoms with Crippen molar-refractivity contribution in [2.45, 2.75) is 64.1 Å². The second-order valence-electron chi connectivity index (χ2n) is 7.51. The first-order valence-electron chi connectivity index (χ1n) is 8.21. The molecule has 8 heteroatoms. The topological polar surface area (TPSA) is 55.1 Å². The summed E-state index contributed by atoms with van der Waals surface area (Å²) in [4.78, 5) is 0. The highest BCUT2D eigenvalue weighted by atomic mass is 19.4. The smallest absolute Gasteiger partial charge is 0.366 e. The molecule has 1 aliphatic rings. The maximum atomic E-state index is 12.9. The van der Waals surface area contributed by atoms with Gasteiger partial charge in [0.05, 0.1) is 5.92 Å². The van der Waals surface area contributed by atoms with Crippen LogP contribution in [-0.2, 0) is 5.41 Å². The van der Waals surface area contributed by atoms with Gasteiger partial charge in [-0.05, 0) is 31.4 Å². The molecule has 0 bridgehead atoms. The summed E-state index contributed by atoms with van der Waals surface area (Å²) in [5, 5.41) is 15.9. The minimum absolute atomic E-state index is 0.0948. The third-order valence-corrected chi connectivity index (χ3v) is 4.42. The van der Waals surface area contributed by atoms with E-state index in [9.17, 15) is 13.2 Å². The van der Waals surface area contributed by atoms with E-state index in [1.807, 2.05) is 20.8 Å². The van der Waals surface area contributed by atoms with Crippen LogP contribution in [0.3, 0.4) is 0 Å². The van der Waals surface area contributed by atoms with Crippen LogP contribution in [0, 0.1) is 5.92 Å². The Morgan fingerprint density at radius 1 is 1.12 bits per heavy atom. The maximum absolute atomic E-state index is 12.9. The van der Waals surface area contributed by atoms with Gasteiger partial charge in [-0.1, -0.05) is 27.2 Å². The maximum Gasteiger partial charge on any atom is 0.391 e. The lowest BCUT2D eigenvalue weighted by atomic mass is 9.85. The number of nitrogens with one attached hydrogen (secondary N) is 1. The number of hydrogen-bond donors (Lipinski definition) is 1. The molecule has 2 atom stereocenters. The fourth-order valence-electron chi connectivity index (χ4n) is 3.16. The predicted octanol–water partition coefficient (Wildman–Crippen LogP) is 3.95. The minimum Gasteiger partial charge on any atom is -0.366 e. The molecule has 1 fully saturated rings. The Kier molecular flexibility index (Phi) is 4.17. The van der Waals surface area contributed by atoms with Crippen LogP contribution in [0.15, 0.2) is 12.1 Å². The van der Waals surface area contributed by atoms with Crippen LogP contribution < -0.4 is 5.32 Å². The van der Waals surface area contributed by atoms with Gasteiger partial charge in [0.2, 0.25) is 0 Å². The Hall–Kier alpha value is -1.86. The van der Waals surface area contributed by atoms with E-state index in [0.29, 0.717) is 17.9 Å². The monoisotopic (exact) mass is 341 g/mol. The fraction of sp³-hybridized carbons (Fsp3) is 0.688. The summed E-state index contributed by atoms with van der Waals surface area (Å²) in [6, 6.07) is 3.31. The second kappa shape index (κ2) is 5.89. The summed E-state index contributed by atoms with van der Waals surface area (Å²) < 4.78 is 40.5. The Morgan fingerprint density at radius 3 is 2.54 bits per heavy atom. The van der Waals surface area contributed by atoms with Crippen molar-refractivity contribution in [3.63, 3.8) is 0 Å². The number of rotatable bonds is 2. The first-order chi connectivity index (χ1) is 11.1. The zero-order chi connectivity index (χ0) is 17.5. The van der Waals surface area contributed by atoms with Gasteiger partial charge in [-0.3, -0.25) is 0 Å². The summed E-state index contributed by atoms with van der Waals surface area (Å²) in [5.41, 5.74) is 0.402. The average Bonchev–Trinajstić information content (AvgIpc) is 2.90. The largest absolute Gasteiger partial charge is 0.391 e. The molecule has 0 spiro atoms. The van der Waals surface area contributed by atoms with Crippen LogP contribution in [-0.4, -0.2) is 32.0 Å². The van der Waals surface area contributed by atoms with E-state index >= 15 is 0 Å². The molecular formula is C16H22F3N5. The SMILES string of the molecule is CC(C)(C)c1nnc2ccc(NC3CCCC(C(F)(F)F)C3)nn12. The lowest BCUT2D eigenvalue weighted by molar-refractivity contribution is -0.182. The zero-order valence-corrected chi connectivity index (χ0v) is 14.1. The molecule has 132 valence electrons. The molecule has 2 heterocycles. The third-order valence-electron chi connectivity index (χ3n) is 4.42. The molecule has 2 aromatic rings. The molecule has 0 amide bonds. The first-order valence-corrected chi connectivity index (χ1v) is 8.21. The quantitative estimate of drug-likeness (QED) is 0.898. The number of halogens is 3. The van der Waals surface area contributed by atoms with E-state index in [4.69, 9.17) is 0 Å². The van der Waals surface area contributed by atoms with Gasteiger partial charge in [0.15, 0.2) is 11.5 Å². The van der Waals surface area contributed by atoms with Gasteiger partial charge in [-0.2, -0.15) is 17.7 Å². The molecule has 24 heavy (non-hydrogen) atoms. The Morgan fingerprint density at radius 2 is 1.88 bits per heavy atom. The Balaban J connectivity index is 1.80. The number of hydrogen-bond acceptors (Lipinski definition) is 4. The second-order valence-corrected chi connectivity index (χ2v) is 7.51. The number of anilines is 1. The number of fused-ring (bicyclic) bond motifs is 1. The summed E-state index contributed by atoms with van der Waals surface area (Å²) in [5.74, 6) is 0.0473. The summed E-state index contributed by atoms with van der Waals surface area (Å²) in [7, 11) is 0. The van der Waals surface area contributed by atoms with Gasteiger partial charge in [0.25, 0.3) is 0 Å². The normalized spacial score (nSPS) is 22.8. The highest BCUT2D eigenvalue weighted by molar-refractivity contribution is 5.45. The predicted molar refractivity (Wildman–Crippen MR) is 84.9 cm³/mol. The molecule has 1 saturated carbocycles. The van der Waals surface area contributed by atoms with E-state index in [2.05, 4.69) is 20.6 Å². The Labute approximate surface area is 138 Å². The minimum atomic E-state index is -4.12. The fourth-order valence-corrected chi connectivity index (χ4v) is 3.16. The number of aromatic nitrogens is 4. The first kappa shape index (κ1) is 17.0. The molecule has 1 aliphatic carbocycles. The molecular weight excluding hydrogens is 319 g/mol. The lowest BCUT2D eigenvalue weighted by Crippen LogP contribution is -2.35. The molecule has 0 radical (unpaired) electrons. The zero-order valence-electron chi connectivity index (χ0n) is 14.1. The van der Waals surface area contributed by atoms with Crippen molar-refractivity contribution in [2.24, 2.45) is 5.92 Å². The Bertz CT molecular complexity index is 717. The van der Waals surface area contributed by atoms with Crippen LogP contribution in [0.4, 0.5) is 19.0 Å². The standard InChI is InChI=1S/C16H22F3N5/c1-15(2,3)14-22-21-13-8-7-12(23-24(13)14)20-11-6-4-5-10(9-11)16(17,18)19/h7-8,10-11H,4-6,9H2,1-3H3,(H,20,23). The summed E-state index contributed by atoms with van der Waals surface area (Å²) in [6.45, 7) is 6.04. The van der Waals surface area contributed by atoms with E-state index < -0.39 is 12.1 Å². The van der Waals surface area contributed by atoms with Crippen molar-refractivity contribution < 1.29 is 13.2 Å². The molecule has 3 rings (SSSR count). The van der Waals surface area contributed by atoms with E-state index in [0.717, 1.165) is 12.2 Å². The number of alkyl halides is 3. The van der Waals surface area contributed by atoms with Crippen molar-refractivity contribution in [1.29, 1.82) is 0 Å². The van der Waals surface area contributed by atoms with Crippen LogP contribution in [0.5, 0.6) is 0 Å².